The van der Waals surface area contributed by atoms with Crippen molar-refractivity contribution in [3.63, 3.8) is 0 Å². The van der Waals surface area contributed by atoms with Gasteiger partial charge in [0.15, 0.2) is 0 Å². The Labute approximate surface area is 183 Å². The first kappa shape index (κ1) is 21.3. The Morgan fingerprint density at radius 1 is 0.968 bits per heavy atom. The Morgan fingerprint density at radius 2 is 1.58 bits per heavy atom. The van der Waals surface area contributed by atoms with Crippen molar-refractivity contribution in [2.24, 2.45) is 0 Å². The Bertz CT molecular complexity index is 958. The zero-order valence-electron chi connectivity index (χ0n) is 18.2. The van der Waals surface area contributed by atoms with Crippen LogP contribution in [-0.4, -0.2) is 45.9 Å². The SMILES string of the molecule is CC1CN(Cc2ccc(C(=O)NCc3ccc(Cn4cccn4)cc3)cc2)CC(C)O1. The number of morpholine rings is 1. The second-order valence-electron chi connectivity index (χ2n) is 8.35. The van der Waals surface area contributed by atoms with Crippen LogP contribution >= 0.6 is 0 Å². The van der Waals surface area contributed by atoms with Gasteiger partial charge in [-0.15, -0.1) is 0 Å². The third-order valence-corrected chi connectivity index (χ3v) is 5.50. The largest absolute Gasteiger partial charge is 0.373 e. The van der Waals surface area contributed by atoms with Crippen LogP contribution < -0.4 is 5.32 Å². The van der Waals surface area contributed by atoms with Crippen molar-refractivity contribution >= 4 is 5.91 Å². The van der Waals surface area contributed by atoms with E-state index in [2.05, 4.69) is 41.3 Å². The monoisotopic (exact) mass is 418 g/mol. The quantitative estimate of drug-likeness (QED) is 0.638. The van der Waals surface area contributed by atoms with Gasteiger partial charge in [0.25, 0.3) is 5.91 Å². The molecule has 2 heterocycles. The van der Waals surface area contributed by atoms with Crippen molar-refractivity contribution in [1.82, 2.24) is 20.0 Å². The number of benzene rings is 2. The first-order valence-corrected chi connectivity index (χ1v) is 10.9. The van der Waals surface area contributed by atoms with Crippen molar-refractivity contribution in [2.75, 3.05) is 13.1 Å². The van der Waals surface area contributed by atoms with Crippen LogP contribution in [0.1, 0.15) is 40.9 Å². The molecule has 6 heteroatoms. The molecule has 0 radical (unpaired) electrons. The number of hydrogen-bond acceptors (Lipinski definition) is 4. The van der Waals surface area contributed by atoms with Gasteiger partial charge in [-0.2, -0.15) is 5.10 Å². The maximum atomic E-state index is 12.5. The molecule has 2 unspecified atom stereocenters. The molecular weight excluding hydrogens is 388 g/mol. The highest BCUT2D eigenvalue weighted by atomic mass is 16.5. The second-order valence-corrected chi connectivity index (χ2v) is 8.35. The van der Waals surface area contributed by atoms with Crippen molar-refractivity contribution < 1.29 is 9.53 Å². The summed E-state index contributed by atoms with van der Waals surface area (Å²) in [5.41, 5.74) is 4.15. The van der Waals surface area contributed by atoms with Gasteiger partial charge in [0.1, 0.15) is 0 Å². The van der Waals surface area contributed by atoms with Crippen molar-refractivity contribution in [1.29, 1.82) is 0 Å². The zero-order chi connectivity index (χ0) is 21.6. The van der Waals surface area contributed by atoms with E-state index in [-0.39, 0.29) is 18.1 Å². The summed E-state index contributed by atoms with van der Waals surface area (Å²) in [5, 5.41) is 7.23. The standard InChI is InChI=1S/C25H30N4O2/c1-19-15-28(16-20(2)31-19)17-22-8-10-24(11-9-22)25(30)26-14-21-4-6-23(7-5-21)18-29-13-3-12-27-29/h3-13,19-20H,14-18H2,1-2H3,(H,26,30). The first-order valence-electron chi connectivity index (χ1n) is 10.9. The van der Waals surface area contributed by atoms with E-state index in [1.807, 2.05) is 53.3 Å². The van der Waals surface area contributed by atoms with Gasteiger partial charge in [-0.05, 0) is 48.7 Å². The van der Waals surface area contributed by atoms with Gasteiger partial charge in [-0.25, -0.2) is 0 Å². The van der Waals surface area contributed by atoms with Gasteiger partial charge in [0.05, 0.1) is 18.8 Å². The number of nitrogens with zero attached hydrogens (tertiary/aromatic N) is 3. The predicted octanol–water partition coefficient (Wildman–Crippen LogP) is 3.47. The Morgan fingerprint density at radius 3 is 2.23 bits per heavy atom. The van der Waals surface area contributed by atoms with E-state index < -0.39 is 0 Å². The van der Waals surface area contributed by atoms with Crippen LogP contribution in [0.25, 0.3) is 0 Å². The highest BCUT2D eigenvalue weighted by Crippen LogP contribution is 2.15. The molecular formula is C25H30N4O2. The van der Waals surface area contributed by atoms with E-state index >= 15 is 0 Å². The molecule has 2 atom stereocenters. The molecule has 4 rings (SSSR count). The molecule has 1 fully saturated rings. The molecule has 0 saturated carbocycles. The van der Waals surface area contributed by atoms with Gasteiger partial charge in [0.2, 0.25) is 0 Å². The molecule has 0 bridgehead atoms. The molecule has 162 valence electrons. The lowest BCUT2D eigenvalue weighted by molar-refractivity contribution is -0.0704. The fourth-order valence-electron chi connectivity index (χ4n) is 4.06. The van der Waals surface area contributed by atoms with E-state index in [1.165, 1.54) is 11.1 Å². The van der Waals surface area contributed by atoms with Gasteiger partial charge in [0, 0.05) is 44.1 Å². The summed E-state index contributed by atoms with van der Waals surface area (Å²) in [6.07, 6.45) is 4.24. The minimum absolute atomic E-state index is 0.0548. The highest BCUT2D eigenvalue weighted by molar-refractivity contribution is 5.94. The maximum absolute atomic E-state index is 12.5. The topological polar surface area (TPSA) is 59.4 Å². The average Bonchev–Trinajstić information content (AvgIpc) is 3.26. The van der Waals surface area contributed by atoms with Crippen LogP contribution in [0, 0.1) is 0 Å². The summed E-state index contributed by atoms with van der Waals surface area (Å²) in [7, 11) is 0. The number of ether oxygens (including phenoxy) is 1. The van der Waals surface area contributed by atoms with Crippen molar-refractivity contribution in [2.45, 2.75) is 45.7 Å². The molecule has 1 aromatic heterocycles. The van der Waals surface area contributed by atoms with Gasteiger partial charge in [-0.3, -0.25) is 14.4 Å². The van der Waals surface area contributed by atoms with Gasteiger partial charge >= 0.3 is 0 Å². The number of amides is 1. The van der Waals surface area contributed by atoms with E-state index in [1.54, 1.807) is 6.20 Å². The average molecular weight is 419 g/mol. The molecule has 3 aromatic rings. The van der Waals surface area contributed by atoms with Crippen LogP contribution in [-0.2, 0) is 24.4 Å². The Kier molecular flexibility index (Phi) is 6.79. The number of nitrogens with one attached hydrogen (secondary N) is 1. The molecule has 1 saturated heterocycles. The first-order chi connectivity index (χ1) is 15.0. The lowest BCUT2D eigenvalue weighted by Crippen LogP contribution is -2.44. The number of aromatic nitrogens is 2. The summed E-state index contributed by atoms with van der Waals surface area (Å²) in [6.45, 7) is 8.23. The summed E-state index contributed by atoms with van der Waals surface area (Å²) in [4.78, 5) is 14.9. The van der Waals surface area contributed by atoms with Crippen LogP contribution in [0.3, 0.4) is 0 Å². The van der Waals surface area contributed by atoms with Crippen LogP contribution in [0.15, 0.2) is 67.0 Å². The minimum atomic E-state index is -0.0548. The number of carbonyl (C=O) groups excluding carboxylic acids is 1. The van der Waals surface area contributed by atoms with Crippen LogP contribution in [0.2, 0.25) is 0 Å². The number of rotatable bonds is 7. The second kappa shape index (κ2) is 9.90. The van der Waals surface area contributed by atoms with Crippen molar-refractivity contribution in [3.8, 4) is 0 Å². The Balaban J connectivity index is 1.26. The smallest absolute Gasteiger partial charge is 0.251 e. The fourth-order valence-corrected chi connectivity index (χ4v) is 4.06. The fraction of sp³-hybridized carbons (Fsp3) is 0.360. The summed E-state index contributed by atoms with van der Waals surface area (Å²) < 4.78 is 7.69. The molecule has 0 spiro atoms. The molecule has 0 aliphatic carbocycles. The zero-order valence-corrected chi connectivity index (χ0v) is 18.2. The summed E-state index contributed by atoms with van der Waals surface area (Å²) >= 11 is 0. The van der Waals surface area contributed by atoms with E-state index in [9.17, 15) is 4.79 Å². The molecule has 2 aromatic carbocycles. The number of carbonyl (C=O) groups is 1. The third kappa shape index (κ3) is 6.03. The van der Waals surface area contributed by atoms with Crippen LogP contribution in [0.4, 0.5) is 0 Å². The molecule has 6 nitrogen and oxygen atoms in total. The molecule has 1 N–H and O–H groups in total. The molecule has 1 aliphatic rings. The predicted molar refractivity (Wildman–Crippen MR) is 121 cm³/mol. The van der Waals surface area contributed by atoms with Crippen molar-refractivity contribution in [3.05, 3.63) is 89.2 Å². The van der Waals surface area contributed by atoms with Gasteiger partial charge < -0.3 is 10.1 Å². The summed E-state index contributed by atoms with van der Waals surface area (Å²) in [5.74, 6) is -0.0548. The van der Waals surface area contributed by atoms with Gasteiger partial charge in [-0.1, -0.05) is 36.4 Å². The third-order valence-electron chi connectivity index (χ3n) is 5.50. The Hall–Kier alpha value is -2.96. The van der Waals surface area contributed by atoms with Crippen LogP contribution in [0.5, 0.6) is 0 Å². The van der Waals surface area contributed by atoms with E-state index in [0.717, 1.165) is 31.7 Å². The normalized spacial score (nSPS) is 19.3. The molecule has 31 heavy (non-hydrogen) atoms. The lowest BCUT2D eigenvalue weighted by atomic mass is 10.1. The highest BCUT2D eigenvalue weighted by Gasteiger charge is 2.22. The maximum Gasteiger partial charge on any atom is 0.251 e. The van der Waals surface area contributed by atoms with E-state index in [4.69, 9.17) is 4.74 Å². The lowest BCUT2D eigenvalue weighted by Gasteiger charge is -2.35. The summed E-state index contributed by atoms with van der Waals surface area (Å²) in [6, 6.07) is 18.1. The molecule has 1 amide bonds. The minimum Gasteiger partial charge on any atom is -0.373 e. The molecule has 1 aliphatic heterocycles. The number of hydrogen-bond donors (Lipinski definition) is 1. The van der Waals surface area contributed by atoms with E-state index in [0.29, 0.717) is 12.1 Å².